The molecule has 0 saturated carbocycles. The van der Waals surface area contributed by atoms with Crippen LogP contribution in [0, 0.1) is 0 Å². The molecule has 0 radical (unpaired) electrons. The largest absolute Gasteiger partial charge is 0.396 e. The summed E-state index contributed by atoms with van der Waals surface area (Å²) in [5, 5.41) is 100. The van der Waals surface area contributed by atoms with Crippen molar-refractivity contribution in [1.29, 1.82) is 0 Å². The highest BCUT2D eigenvalue weighted by molar-refractivity contribution is 5.79. The third-order valence-electron chi connectivity index (χ3n) is 6.87. The van der Waals surface area contributed by atoms with Gasteiger partial charge < -0.3 is 76.0 Å². The zero-order valence-electron chi connectivity index (χ0n) is 25.6. The quantitative estimate of drug-likeness (QED) is 0.0207. The summed E-state index contributed by atoms with van der Waals surface area (Å²) in [6.07, 6.45) is -9.79. The third kappa shape index (κ3) is 20.1. The molecule has 0 aliphatic rings. The molecule has 9 atom stereocenters. The van der Waals surface area contributed by atoms with E-state index in [4.69, 9.17) is 19.7 Å². The Morgan fingerprint density at radius 3 is 1.51 bits per heavy atom. The lowest BCUT2D eigenvalue weighted by molar-refractivity contribution is -0.203. The number of unbranched alkanes of at least 4 members (excludes halogenated alkanes) is 3. The predicted molar refractivity (Wildman–Crippen MR) is 156 cm³/mol. The van der Waals surface area contributed by atoms with Gasteiger partial charge in [0.05, 0.1) is 18.2 Å². The van der Waals surface area contributed by atoms with Gasteiger partial charge in [0.2, 0.25) is 11.8 Å². The van der Waals surface area contributed by atoms with Gasteiger partial charge in [-0.3, -0.25) is 9.59 Å². The Labute approximate surface area is 262 Å². The molecular formula is C28H54N2O15. The van der Waals surface area contributed by atoms with Crippen LogP contribution in [-0.4, -0.2) is 157 Å². The van der Waals surface area contributed by atoms with E-state index < -0.39 is 68.5 Å². The number of aldehydes is 1. The Morgan fingerprint density at radius 1 is 0.600 bits per heavy atom. The number of hydrogen-bond acceptors (Lipinski definition) is 15. The van der Waals surface area contributed by atoms with E-state index in [1.165, 1.54) is 0 Å². The molecule has 0 aromatic carbocycles. The Balaban J connectivity index is 3.95. The fraction of sp³-hybridized carbons (Fsp3) is 0.893. The molecule has 0 heterocycles. The van der Waals surface area contributed by atoms with Crippen LogP contribution < -0.4 is 10.6 Å². The van der Waals surface area contributed by atoms with E-state index in [2.05, 4.69) is 10.6 Å². The molecule has 12 N–H and O–H groups in total. The minimum Gasteiger partial charge on any atom is -0.396 e. The van der Waals surface area contributed by atoms with Crippen LogP contribution in [0.25, 0.3) is 0 Å². The van der Waals surface area contributed by atoms with Crippen molar-refractivity contribution in [3.05, 3.63) is 0 Å². The maximum absolute atomic E-state index is 12.1. The first-order valence-corrected chi connectivity index (χ1v) is 15.3. The summed E-state index contributed by atoms with van der Waals surface area (Å²) in [4.78, 5) is 35.4. The molecule has 0 fully saturated rings. The van der Waals surface area contributed by atoms with E-state index in [1.54, 1.807) is 0 Å². The topological polar surface area (TPSA) is 296 Å². The third-order valence-corrected chi connectivity index (χ3v) is 6.87. The van der Waals surface area contributed by atoms with Gasteiger partial charge in [0.15, 0.2) is 12.6 Å². The Bertz CT molecular complexity index is 780. The summed E-state index contributed by atoms with van der Waals surface area (Å²) in [6, 6.07) is -0.693. The number of nitrogens with one attached hydrogen (secondary N) is 2. The van der Waals surface area contributed by atoms with Crippen molar-refractivity contribution in [2.24, 2.45) is 0 Å². The standard InChI is InChI=1S/C28H54N2O15/c31-13-10-19(34)23(38)25(40)27(42)44-15-5-2-8-21(36)29-12-4-1-7-18(17-33)30-22(37)9-3-6-16-45-28(43)26(41)24(39)20(35)11-14-32/h17-20,23-28,31-32,34-35,38-43H,1-16H2,(H,29,36)(H,30,37). The molecule has 0 saturated heterocycles. The van der Waals surface area contributed by atoms with Gasteiger partial charge in [-0.2, -0.15) is 0 Å². The van der Waals surface area contributed by atoms with Crippen molar-refractivity contribution in [2.75, 3.05) is 33.0 Å². The smallest absolute Gasteiger partial charge is 0.220 e. The molecule has 0 spiro atoms. The molecule has 266 valence electrons. The van der Waals surface area contributed by atoms with E-state index in [1.807, 2.05) is 0 Å². The van der Waals surface area contributed by atoms with Crippen molar-refractivity contribution < 1.29 is 74.9 Å². The second-order valence-electron chi connectivity index (χ2n) is 10.7. The van der Waals surface area contributed by atoms with Crippen LogP contribution in [-0.2, 0) is 23.9 Å². The number of hydrogen-bond donors (Lipinski definition) is 12. The lowest BCUT2D eigenvalue weighted by Crippen LogP contribution is -2.45. The molecule has 0 bridgehead atoms. The molecule has 0 aromatic rings. The van der Waals surface area contributed by atoms with E-state index >= 15 is 0 Å². The van der Waals surface area contributed by atoms with E-state index in [-0.39, 0.29) is 50.7 Å². The van der Waals surface area contributed by atoms with Gasteiger partial charge in [0, 0.05) is 45.8 Å². The average molecular weight is 659 g/mol. The fourth-order valence-corrected chi connectivity index (χ4v) is 4.04. The normalized spacial score (nSPS) is 17.7. The lowest BCUT2D eigenvalue weighted by Gasteiger charge is -2.26. The second-order valence-corrected chi connectivity index (χ2v) is 10.7. The minimum atomic E-state index is -1.78. The summed E-state index contributed by atoms with van der Waals surface area (Å²) in [6.45, 7) is -0.489. The maximum Gasteiger partial charge on any atom is 0.220 e. The first kappa shape index (κ1) is 43.1. The number of amides is 2. The molecule has 0 rings (SSSR count). The number of carbonyl (C=O) groups excluding carboxylic acids is 3. The van der Waals surface area contributed by atoms with Gasteiger partial charge in [-0.05, 0) is 57.8 Å². The monoisotopic (exact) mass is 658 g/mol. The number of aliphatic hydroxyl groups is 10. The molecule has 2 amide bonds. The highest BCUT2D eigenvalue weighted by Crippen LogP contribution is 2.11. The van der Waals surface area contributed by atoms with Gasteiger partial charge in [-0.1, -0.05) is 0 Å². The van der Waals surface area contributed by atoms with Crippen molar-refractivity contribution in [1.82, 2.24) is 10.6 Å². The summed E-state index contributed by atoms with van der Waals surface area (Å²) in [7, 11) is 0. The minimum absolute atomic E-state index is 0.00229. The molecule has 0 aromatic heterocycles. The van der Waals surface area contributed by atoms with Crippen molar-refractivity contribution >= 4 is 18.1 Å². The van der Waals surface area contributed by atoms with E-state index in [9.17, 15) is 55.2 Å². The summed E-state index contributed by atoms with van der Waals surface area (Å²) < 4.78 is 10.0. The highest BCUT2D eigenvalue weighted by atomic mass is 16.6. The van der Waals surface area contributed by atoms with E-state index in [0.717, 1.165) is 0 Å². The van der Waals surface area contributed by atoms with Gasteiger partial charge >= 0.3 is 0 Å². The summed E-state index contributed by atoms with van der Waals surface area (Å²) in [5.74, 6) is -0.565. The van der Waals surface area contributed by atoms with Crippen LogP contribution in [0.5, 0.6) is 0 Å². The number of ether oxygens (including phenoxy) is 2. The van der Waals surface area contributed by atoms with Crippen LogP contribution in [0.1, 0.15) is 70.6 Å². The van der Waals surface area contributed by atoms with Gasteiger partial charge in [-0.15, -0.1) is 0 Å². The van der Waals surface area contributed by atoms with Crippen LogP contribution in [0.4, 0.5) is 0 Å². The van der Waals surface area contributed by atoms with Crippen molar-refractivity contribution in [3.8, 4) is 0 Å². The summed E-state index contributed by atoms with van der Waals surface area (Å²) in [5.41, 5.74) is 0. The molecule has 9 unspecified atom stereocenters. The summed E-state index contributed by atoms with van der Waals surface area (Å²) >= 11 is 0. The molecule has 0 aliphatic heterocycles. The average Bonchev–Trinajstić information content (AvgIpc) is 3.01. The predicted octanol–water partition coefficient (Wildman–Crippen LogP) is -4.10. The van der Waals surface area contributed by atoms with Crippen LogP contribution in [0.2, 0.25) is 0 Å². The van der Waals surface area contributed by atoms with Crippen LogP contribution in [0.15, 0.2) is 0 Å². The van der Waals surface area contributed by atoms with E-state index in [0.29, 0.717) is 57.8 Å². The molecular weight excluding hydrogens is 604 g/mol. The zero-order chi connectivity index (χ0) is 34.2. The number of carbonyl (C=O) groups is 3. The zero-order valence-corrected chi connectivity index (χ0v) is 25.6. The lowest BCUT2D eigenvalue weighted by atomic mass is 10.1. The molecule has 0 aliphatic carbocycles. The van der Waals surface area contributed by atoms with Crippen LogP contribution >= 0.6 is 0 Å². The molecule has 17 heteroatoms. The highest BCUT2D eigenvalue weighted by Gasteiger charge is 2.31. The van der Waals surface area contributed by atoms with Crippen molar-refractivity contribution in [2.45, 2.75) is 126 Å². The Kier molecular flexibility index (Phi) is 25.1. The first-order chi connectivity index (χ1) is 21.4. The maximum atomic E-state index is 12.1. The van der Waals surface area contributed by atoms with Crippen LogP contribution in [0.3, 0.4) is 0 Å². The van der Waals surface area contributed by atoms with Gasteiger partial charge in [-0.25, -0.2) is 0 Å². The van der Waals surface area contributed by atoms with Gasteiger partial charge in [0.25, 0.3) is 0 Å². The molecule has 45 heavy (non-hydrogen) atoms. The van der Waals surface area contributed by atoms with Crippen molar-refractivity contribution in [3.63, 3.8) is 0 Å². The Morgan fingerprint density at radius 2 is 1.07 bits per heavy atom. The number of aliphatic hydroxyl groups excluding tert-OH is 10. The number of rotatable bonds is 29. The molecule has 17 nitrogen and oxygen atoms in total. The van der Waals surface area contributed by atoms with Gasteiger partial charge in [0.1, 0.15) is 30.7 Å². The first-order valence-electron chi connectivity index (χ1n) is 15.3. The SMILES string of the molecule is O=CC(CCCCNC(=O)CCCCOC(O)C(O)C(O)C(O)CCO)NC(=O)CCCCOC(O)C(O)C(O)C(O)CCO. The second kappa shape index (κ2) is 26.2. The fourth-order valence-electron chi connectivity index (χ4n) is 4.04. The Hall–Kier alpha value is -1.87.